The molecular formula is C15H12FN3. The van der Waals surface area contributed by atoms with Gasteiger partial charge in [-0.25, -0.2) is 9.37 Å². The molecule has 1 N–H and O–H groups in total. The molecule has 0 aliphatic heterocycles. The summed E-state index contributed by atoms with van der Waals surface area (Å²) in [6.45, 7) is 1.69. The van der Waals surface area contributed by atoms with Crippen molar-refractivity contribution in [3.05, 3.63) is 60.3 Å². The number of nitrogens with zero attached hydrogens (tertiary/aromatic N) is 2. The van der Waals surface area contributed by atoms with Crippen LogP contribution in [0.15, 0.2) is 48.9 Å². The number of benzene rings is 1. The minimum absolute atomic E-state index is 0.262. The highest BCUT2D eigenvalue weighted by atomic mass is 18.2. The Morgan fingerprint density at radius 2 is 1.95 bits per heavy atom. The first-order chi connectivity index (χ1) is 9.22. The van der Waals surface area contributed by atoms with Gasteiger partial charge in [0.2, 0.25) is 0 Å². The van der Waals surface area contributed by atoms with E-state index in [-0.39, 0.29) is 5.82 Å². The maximum Gasteiger partial charge on any atom is 0.133 e. The van der Waals surface area contributed by atoms with Crippen LogP contribution in [-0.4, -0.2) is 9.97 Å². The Labute approximate surface area is 110 Å². The summed E-state index contributed by atoms with van der Waals surface area (Å²) >= 11 is 0. The van der Waals surface area contributed by atoms with Gasteiger partial charge in [-0.15, -0.1) is 0 Å². The predicted octanol–water partition coefficient (Wildman–Crippen LogP) is 3.82. The van der Waals surface area contributed by atoms with Gasteiger partial charge in [0.05, 0.1) is 0 Å². The maximum absolute atomic E-state index is 13.4. The Morgan fingerprint density at radius 1 is 1.05 bits per heavy atom. The third-order valence-corrected chi connectivity index (χ3v) is 2.95. The highest BCUT2D eigenvalue weighted by molar-refractivity contribution is 5.85. The van der Waals surface area contributed by atoms with E-state index in [0.717, 1.165) is 16.5 Å². The van der Waals surface area contributed by atoms with Gasteiger partial charge in [-0.05, 0) is 30.5 Å². The number of nitrogens with one attached hydrogen (secondary N) is 1. The first kappa shape index (κ1) is 11.6. The molecule has 3 aromatic rings. The van der Waals surface area contributed by atoms with Crippen LogP contribution in [0.25, 0.3) is 10.8 Å². The van der Waals surface area contributed by atoms with Crippen LogP contribution in [0.3, 0.4) is 0 Å². The lowest BCUT2D eigenvalue weighted by Crippen LogP contribution is -1.95. The lowest BCUT2D eigenvalue weighted by atomic mass is 10.1. The van der Waals surface area contributed by atoms with Gasteiger partial charge in [0.25, 0.3) is 0 Å². The first-order valence-corrected chi connectivity index (χ1v) is 5.95. The summed E-state index contributed by atoms with van der Waals surface area (Å²) < 4.78 is 13.4. The molecule has 2 heterocycles. The van der Waals surface area contributed by atoms with Crippen LogP contribution in [0.4, 0.5) is 15.9 Å². The van der Waals surface area contributed by atoms with Crippen LogP contribution in [0.1, 0.15) is 5.56 Å². The molecule has 0 bridgehead atoms. The van der Waals surface area contributed by atoms with Crippen molar-refractivity contribution in [1.82, 2.24) is 9.97 Å². The van der Waals surface area contributed by atoms with Crippen molar-refractivity contribution < 1.29 is 4.39 Å². The normalized spacial score (nSPS) is 10.6. The van der Waals surface area contributed by atoms with Crippen molar-refractivity contribution in [3.8, 4) is 0 Å². The van der Waals surface area contributed by atoms with E-state index in [9.17, 15) is 4.39 Å². The average molecular weight is 252 g/mol. The van der Waals surface area contributed by atoms with Gasteiger partial charge in [0, 0.05) is 41.3 Å². The van der Waals surface area contributed by atoms with Crippen molar-refractivity contribution in [1.29, 1.82) is 0 Å². The van der Waals surface area contributed by atoms with Crippen LogP contribution in [0.2, 0.25) is 0 Å². The molecule has 0 radical (unpaired) electrons. The molecule has 0 aliphatic rings. The van der Waals surface area contributed by atoms with Crippen LogP contribution < -0.4 is 5.32 Å². The number of fused-ring (bicyclic) bond motifs is 1. The molecule has 4 heteroatoms. The highest BCUT2D eigenvalue weighted by Gasteiger charge is 2.02. The number of hydrogen-bond donors (Lipinski definition) is 1. The van der Waals surface area contributed by atoms with Gasteiger partial charge in [0.15, 0.2) is 0 Å². The number of rotatable bonds is 2. The van der Waals surface area contributed by atoms with Gasteiger partial charge in [-0.3, -0.25) is 4.98 Å². The minimum atomic E-state index is -0.262. The zero-order valence-corrected chi connectivity index (χ0v) is 10.4. The number of aromatic nitrogens is 2. The summed E-state index contributed by atoms with van der Waals surface area (Å²) in [6, 6.07) is 9.20. The molecular weight excluding hydrogens is 240 g/mol. The van der Waals surface area contributed by atoms with Crippen molar-refractivity contribution >= 4 is 22.3 Å². The lowest BCUT2D eigenvalue weighted by Gasteiger charge is -2.07. The van der Waals surface area contributed by atoms with Gasteiger partial charge in [0.1, 0.15) is 11.6 Å². The van der Waals surface area contributed by atoms with Gasteiger partial charge in [-0.2, -0.15) is 0 Å². The third-order valence-electron chi connectivity index (χ3n) is 2.95. The molecule has 19 heavy (non-hydrogen) atoms. The highest BCUT2D eigenvalue weighted by Crippen LogP contribution is 2.21. The molecule has 1 aromatic carbocycles. The average Bonchev–Trinajstić information content (AvgIpc) is 2.43. The number of hydrogen-bond acceptors (Lipinski definition) is 3. The molecule has 2 aromatic heterocycles. The quantitative estimate of drug-likeness (QED) is 0.753. The molecule has 0 aliphatic carbocycles. The second-order valence-corrected chi connectivity index (χ2v) is 4.38. The predicted molar refractivity (Wildman–Crippen MR) is 74.0 cm³/mol. The van der Waals surface area contributed by atoms with E-state index < -0.39 is 0 Å². The summed E-state index contributed by atoms with van der Waals surface area (Å²) in [5.74, 6) is 0.235. The summed E-state index contributed by atoms with van der Waals surface area (Å²) in [5.41, 5.74) is 1.41. The first-order valence-electron chi connectivity index (χ1n) is 5.95. The molecule has 0 spiro atoms. The van der Waals surface area contributed by atoms with Gasteiger partial charge >= 0.3 is 0 Å². The SMILES string of the molecule is Cc1cnc(Nc2ccc3cnccc3c2)cc1[18F]. The smallest absolute Gasteiger partial charge is 0.133 e. The Kier molecular flexibility index (Phi) is 2.83. The monoisotopic (exact) mass is 252 g/mol. The van der Waals surface area contributed by atoms with Crippen molar-refractivity contribution in [3.63, 3.8) is 0 Å². The molecule has 0 amide bonds. The topological polar surface area (TPSA) is 37.8 Å². The Balaban J connectivity index is 1.94. The van der Waals surface area contributed by atoms with E-state index in [2.05, 4.69) is 15.3 Å². The van der Waals surface area contributed by atoms with Crippen molar-refractivity contribution in [2.75, 3.05) is 5.32 Å². The second kappa shape index (κ2) is 4.65. The van der Waals surface area contributed by atoms with E-state index >= 15 is 0 Å². The zero-order chi connectivity index (χ0) is 13.2. The Morgan fingerprint density at radius 3 is 2.79 bits per heavy atom. The van der Waals surface area contributed by atoms with Crippen molar-refractivity contribution in [2.24, 2.45) is 0 Å². The minimum Gasteiger partial charge on any atom is -0.340 e. The van der Waals surface area contributed by atoms with E-state index in [0.29, 0.717) is 11.4 Å². The molecule has 3 nitrogen and oxygen atoms in total. The summed E-state index contributed by atoms with van der Waals surface area (Å²) in [4.78, 5) is 8.22. The molecule has 0 saturated heterocycles. The second-order valence-electron chi connectivity index (χ2n) is 4.38. The number of aryl methyl sites for hydroxylation is 1. The van der Waals surface area contributed by atoms with Gasteiger partial charge < -0.3 is 5.32 Å². The Bertz CT molecular complexity index is 740. The molecule has 94 valence electrons. The fourth-order valence-electron chi connectivity index (χ4n) is 1.88. The standard InChI is InChI=1S/C15H12FN3/c1-10-8-18-15(7-14(10)16)19-13-3-2-12-9-17-5-4-11(12)6-13/h2-9H,1H3,(H,18,19)/i16-1. The largest absolute Gasteiger partial charge is 0.340 e. The van der Waals surface area contributed by atoms with Crippen LogP contribution >= 0.6 is 0 Å². The van der Waals surface area contributed by atoms with Crippen LogP contribution in [-0.2, 0) is 0 Å². The van der Waals surface area contributed by atoms with Crippen molar-refractivity contribution in [2.45, 2.75) is 6.92 Å². The summed E-state index contributed by atoms with van der Waals surface area (Å²) in [5, 5.41) is 5.23. The number of anilines is 2. The number of pyridine rings is 2. The number of halogens is 1. The molecule has 3 rings (SSSR count). The van der Waals surface area contributed by atoms with Gasteiger partial charge in [-0.1, -0.05) is 6.07 Å². The zero-order valence-electron chi connectivity index (χ0n) is 10.4. The maximum atomic E-state index is 13.4. The van der Waals surface area contributed by atoms with Crippen LogP contribution in [0, 0.1) is 12.7 Å². The van der Waals surface area contributed by atoms with E-state index in [1.165, 1.54) is 12.3 Å². The van der Waals surface area contributed by atoms with Crippen LogP contribution in [0.5, 0.6) is 0 Å². The molecule has 0 atom stereocenters. The fraction of sp³-hybridized carbons (Fsp3) is 0.0667. The third kappa shape index (κ3) is 2.38. The molecule has 0 fully saturated rings. The molecule has 0 unspecified atom stereocenters. The summed E-state index contributed by atoms with van der Waals surface area (Å²) in [7, 11) is 0. The van der Waals surface area contributed by atoms with E-state index in [4.69, 9.17) is 0 Å². The Hall–Kier alpha value is -2.49. The lowest BCUT2D eigenvalue weighted by molar-refractivity contribution is 0.617. The molecule has 0 saturated carbocycles. The summed E-state index contributed by atoms with van der Waals surface area (Å²) in [6.07, 6.45) is 5.07. The fourth-order valence-corrected chi connectivity index (χ4v) is 1.88. The van der Waals surface area contributed by atoms with E-state index in [1.807, 2.05) is 30.5 Å². The van der Waals surface area contributed by atoms with E-state index in [1.54, 1.807) is 13.1 Å².